The maximum atomic E-state index is 12.0. The van der Waals surface area contributed by atoms with Crippen LogP contribution < -0.4 is 0 Å². The summed E-state index contributed by atoms with van der Waals surface area (Å²) < 4.78 is 34.6. The largest absolute Gasteiger partial charge is 0.353 e. The maximum Gasteiger partial charge on any atom is 0.158 e. The molecule has 0 amide bonds. The summed E-state index contributed by atoms with van der Waals surface area (Å²) in [6.07, 6.45) is 4.89. The molecule has 1 saturated heterocycles. The fraction of sp³-hybridized carbons (Fsp3) is 1.00. The molecule has 2 aliphatic rings. The van der Waals surface area contributed by atoms with E-state index in [-0.39, 0.29) is 17.3 Å². The van der Waals surface area contributed by atoms with Crippen LogP contribution in [0.2, 0.25) is 0 Å². The monoisotopic (exact) mass is 248 g/mol. The molecule has 5 heteroatoms. The van der Waals surface area contributed by atoms with Crippen LogP contribution in [-0.4, -0.2) is 38.9 Å². The first-order chi connectivity index (χ1) is 7.68. The number of sulfone groups is 1. The van der Waals surface area contributed by atoms with E-state index < -0.39 is 9.84 Å². The average molecular weight is 248 g/mol. The number of rotatable bonds is 4. The molecule has 0 unspecified atom stereocenters. The predicted molar refractivity (Wildman–Crippen MR) is 61.0 cm³/mol. The second kappa shape index (κ2) is 5.47. The third-order valence-electron chi connectivity index (χ3n) is 3.34. The van der Waals surface area contributed by atoms with Gasteiger partial charge in [0.25, 0.3) is 0 Å². The van der Waals surface area contributed by atoms with Crippen LogP contribution in [0.5, 0.6) is 0 Å². The summed E-state index contributed by atoms with van der Waals surface area (Å²) in [6.45, 7) is 1.38. The van der Waals surface area contributed by atoms with Gasteiger partial charge >= 0.3 is 0 Å². The highest BCUT2D eigenvalue weighted by atomic mass is 32.2. The quantitative estimate of drug-likeness (QED) is 0.756. The van der Waals surface area contributed by atoms with Crippen molar-refractivity contribution >= 4 is 9.84 Å². The van der Waals surface area contributed by atoms with E-state index in [0.717, 1.165) is 32.1 Å². The van der Waals surface area contributed by atoms with Crippen LogP contribution in [0, 0.1) is 0 Å². The summed E-state index contributed by atoms with van der Waals surface area (Å²) in [5, 5.41) is -0.101. The Kier molecular flexibility index (Phi) is 4.21. The lowest BCUT2D eigenvalue weighted by molar-refractivity contribution is -0.178. The summed E-state index contributed by atoms with van der Waals surface area (Å²) in [4.78, 5) is 0. The highest BCUT2D eigenvalue weighted by Gasteiger charge is 2.29. The van der Waals surface area contributed by atoms with Crippen LogP contribution in [0.15, 0.2) is 0 Å². The van der Waals surface area contributed by atoms with Gasteiger partial charge in [-0.25, -0.2) is 8.42 Å². The molecule has 4 nitrogen and oxygen atoms in total. The van der Waals surface area contributed by atoms with E-state index >= 15 is 0 Å². The molecule has 1 aliphatic heterocycles. The molecule has 2 fully saturated rings. The fourth-order valence-electron chi connectivity index (χ4n) is 2.38. The van der Waals surface area contributed by atoms with Gasteiger partial charge in [0.05, 0.1) is 24.2 Å². The molecule has 0 spiro atoms. The molecule has 0 bridgehead atoms. The topological polar surface area (TPSA) is 52.6 Å². The van der Waals surface area contributed by atoms with Crippen LogP contribution in [0.3, 0.4) is 0 Å². The van der Waals surface area contributed by atoms with E-state index in [0.29, 0.717) is 19.6 Å². The van der Waals surface area contributed by atoms with Crippen LogP contribution in [-0.2, 0) is 19.3 Å². The lowest BCUT2D eigenvalue weighted by Crippen LogP contribution is -2.29. The Hall–Kier alpha value is -0.130. The molecule has 1 aliphatic carbocycles. The van der Waals surface area contributed by atoms with E-state index in [1.54, 1.807) is 0 Å². The lowest BCUT2D eigenvalue weighted by Gasteiger charge is -2.23. The Labute approximate surface area is 97.2 Å². The SMILES string of the molecule is O=S(=O)(CCC1OCCCO1)C1CCCC1. The zero-order valence-electron chi connectivity index (χ0n) is 9.56. The van der Waals surface area contributed by atoms with E-state index in [1.165, 1.54) is 0 Å². The predicted octanol–water partition coefficient (Wildman–Crippen LogP) is 1.50. The van der Waals surface area contributed by atoms with Gasteiger partial charge in [0, 0.05) is 6.42 Å². The molecule has 94 valence electrons. The Morgan fingerprint density at radius 1 is 1.00 bits per heavy atom. The van der Waals surface area contributed by atoms with Crippen LogP contribution >= 0.6 is 0 Å². The second-order valence-corrected chi connectivity index (χ2v) is 6.99. The van der Waals surface area contributed by atoms with Crippen molar-refractivity contribution < 1.29 is 17.9 Å². The minimum atomic E-state index is -2.92. The van der Waals surface area contributed by atoms with E-state index in [4.69, 9.17) is 9.47 Å². The van der Waals surface area contributed by atoms with Crippen LogP contribution in [0.25, 0.3) is 0 Å². The van der Waals surface area contributed by atoms with E-state index in [2.05, 4.69) is 0 Å². The van der Waals surface area contributed by atoms with Gasteiger partial charge < -0.3 is 9.47 Å². The van der Waals surface area contributed by atoms with Gasteiger partial charge in [0.1, 0.15) is 0 Å². The Morgan fingerprint density at radius 2 is 1.62 bits per heavy atom. The molecule has 1 heterocycles. The van der Waals surface area contributed by atoms with Gasteiger partial charge in [-0.1, -0.05) is 12.8 Å². The highest BCUT2D eigenvalue weighted by Crippen LogP contribution is 2.26. The molecular weight excluding hydrogens is 228 g/mol. The van der Waals surface area contributed by atoms with Crippen LogP contribution in [0.4, 0.5) is 0 Å². The van der Waals surface area contributed by atoms with Crippen molar-refractivity contribution in [1.29, 1.82) is 0 Å². The molecule has 0 radical (unpaired) electrons. The fourth-order valence-corrected chi connectivity index (χ4v) is 4.28. The molecule has 16 heavy (non-hydrogen) atoms. The van der Waals surface area contributed by atoms with Gasteiger partial charge in [0.15, 0.2) is 16.1 Å². The van der Waals surface area contributed by atoms with E-state index in [1.807, 2.05) is 0 Å². The van der Waals surface area contributed by atoms with Gasteiger partial charge in [-0.3, -0.25) is 0 Å². The highest BCUT2D eigenvalue weighted by molar-refractivity contribution is 7.92. The summed E-state index contributed by atoms with van der Waals surface area (Å²) in [5.74, 6) is 0.211. The summed E-state index contributed by atoms with van der Waals surface area (Å²) in [5.41, 5.74) is 0. The molecule has 0 aromatic heterocycles. The molecule has 0 atom stereocenters. The number of hydrogen-bond donors (Lipinski definition) is 0. The minimum absolute atomic E-state index is 0.101. The van der Waals surface area contributed by atoms with Gasteiger partial charge in [0.2, 0.25) is 0 Å². The molecule has 0 N–H and O–H groups in total. The number of hydrogen-bond acceptors (Lipinski definition) is 4. The maximum absolute atomic E-state index is 12.0. The normalized spacial score (nSPS) is 25.0. The second-order valence-electron chi connectivity index (χ2n) is 4.59. The summed E-state index contributed by atoms with van der Waals surface area (Å²) in [6, 6.07) is 0. The summed E-state index contributed by atoms with van der Waals surface area (Å²) >= 11 is 0. The first-order valence-corrected chi connectivity index (χ1v) is 7.85. The first-order valence-electron chi connectivity index (χ1n) is 6.13. The zero-order valence-corrected chi connectivity index (χ0v) is 10.4. The Bertz CT molecular complexity index is 300. The van der Waals surface area contributed by atoms with Crippen molar-refractivity contribution in [2.75, 3.05) is 19.0 Å². The first kappa shape index (κ1) is 12.3. The van der Waals surface area contributed by atoms with Crippen LogP contribution in [0.1, 0.15) is 38.5 Å². The third-order valence-corrected chi connectivity index (χ3v) is 5.64. The smallest absolute Gasteiger partial charge is 0.158 e. The van der Waals surface area contributed by atoms with Gasteiger partial charge in [-0.15, -0.1) is 0 Å². The third kappa shape index (κ3) is 3.18. The minimum Gasteiger partial charge on any atom is -0.353 e. The molecule has 0 aromatic rings. The Balaban J connectivity index is 1.79. The molecule has 0 aromatic carbocycles. The summed E-state index contributed by atoms with van der Waals surface area (Å²) in [7, 11) is -2.92. The van der Waals surface area contributed by atoms with Crippen molar-refractivity contribution in [2.24, 2.45) is 0 Å². The average Bonchev–Trinajstić information content (AvgIpc) is 2.82. The standard InChI is InChI=1S/C11H20O4S/c12-16(13,10-4-1-2-5-10)9-6-11-14-7-3-8-15-11/h10-11H,1-9H2. The Morgan fingerprint density at radius 3 is 2.25 bits per heavy atom. The molecule has 1 saturated carbocycles. The van der Waals surface area contributed by atoms with Gasteiger partial charge in [-0.2, -0.15) is 0 Å². The van der Waals surface area contributed by atoms with Crippen molar-refractivity contribution in [1.82, 2.24) is 0 Å². The van der Waals surface area contributed by atoms with Gasteiger partial charge in [-0.05, 0) is 19.3 Å². The van der Waals surface area contributed by atoms with Crippen molar-refractivity contribution in [2.45, 2.75) is 50.1 Å². The van der Waals surface area contributed by atoms with E-state index in [9.17, 15) is 8.42 Å². The van der Waals surface area contributed by atoms with Crippen molar-refractivity contribution in [3.8, 4) is 0 Å². The van der Waals surface area contributed by atoms with Crippen molar-refractivity contribution in [3.05, 3.63) is 0 Å². The zero-order chi connectivity index (χ0) is 11.4. The lowest BCUT2D eigenvalue weighted by atomic mass is 10.4. The number of ether oxygens (including phenoxy) is 2. The molecular formula is C11H20O4S. The van der Waals surface area contributed by atoms with Crippen molar-refractivity contribution in [3.63, 3.8) is 0 Å². The molecule has 2 rings (SSSR count).